The fraction of sp³-hybridized carbons (Fsp3) is 1.00. The van der Waals surface area contributed by atoms with Crippen LogP contribution in [0.15, 0.2) is 0 Å². The third kappa shape index (κ3) is 3.40. The Kier molecular flexibility index (Phi) is 5.98. The molecule has 4 rings (SSSR count). The molecule has 28 heavy (non-hydrogen) atoms. The highest BCUT2D eigenvalue weighted by molar-refractivity contribution is 5.10. The first kappa shape index (κ1) is 21.2. The second kappa shape index (κ2) is 7.90. The van der Waals surface area contributed by atoms with Crippen molar-refractivity contribution in [1.82, 2.24) is 4.90 Å². The van der Waals surface area contributed by atoms with Gasteiger partial charge in [0.15, 0.2) is 0 Å². The van der Waals surface area contributed by atoms with Crippen molar-refractivity contribution in [3.8, 4) is 0 Å². The molecule has 1 nitrogen and oxygen atoms in total. The summed E-state index contributed by atoms with van der Waals surface area (Å²) in [5.41, 5.74) is 1.26. The molecule has 162 valence electrons. The summed E-state index contributed by atoms with van der Waals surface area (Å²) in [6, 6.07) is 0.874. The molecule has 1 aliphatic heterocycles. The highest BCUT2D eigenvalue weighted by atomic mass is 15.2. The molecule has 0 N–H and O–H groups in total. The van der Waals surface area contributed by atoms with Gasteiger partial charge in [-0.1, -0.05) is 53.9 Å². The van der Waals surface area contributed by atoms with E-state index < -0.39 is 0 Å². The number of nitrogens with zero attached hydrogens (tertiary/aromatic N) is 1. The Morgan fingerprint density at radius 2 is 1.61 bits per heavy atom. The summed E-state index contributed by atoms with van der Waals surface area (Å²) in [4.78, 5) is 2.74. The van der Waals surface area contributed by atoms with Crippen molar-refractivity contribution in [3.63, 3.8) is 0 Å². The van der Waals surface area contributed by atoms with Gasteiger partial charge in [0.05, 0.1) is 0 Å². The minimum atomic E-state index is 0.609. The summed E-state index contributed by atoms with van der Waals surface area (Å²) >= 11 is 0. The minimum Gasteiger partial charge on any atom is -0.303 e. The molecule has 4 aliphatic rings. The van der Waals surface area contributed by atoms with Crippen LogP contribution in [0.3, 0.4) is 0 Å². The third-order valence-corrected chi connectivity index (χ3v) is 10.8. The van der Waals surface area contributed by atoms with Crippen molar-refractivity contribution in [1.29, 1.82) is 0 Å². The van der Waals surface area contributed by atoms with Gasteiger partial charge >= 0.3 is 0 Å². The fourth-order valence-corrected chi connectivity index (χ4v) is 9.40. The second-order valence-corrected chi connectivity index (χ2v) is 12.6. The molecule has 0 radical (unpaired) electrons. The molecule has 4 fully saturated rings. The van der Waals surface area contributed by atoms with Gasteiger partial charge in [-0.25, -0.2) is 0 Å². The van der Waals surface area contributed by atoms with Crippen molar-refractivity contribution in [2.75, 3.05) is 13.6 Å². The van der Waals surface area contributed by atoms with Crippen LogP contribution in [0, 0.1) is 46.3 Å². The van der Waals surface area contributed by atoms with Crippen molar-refractivity contribution in [2.45, 2.75) is 111 Å². The van der Waals surface area contributed by atoms with Crippen LogP contribution in [0.2, 0.25) is 0 Å². The zero-order valence-corrected chi connectivity index (χ0v) is 20.0. The number of piperidine rings is 1. The molecular weight excluding hydrogens is 338 g/mol. The van der Waals surface area contributed by atoms with Crippen molar-refractivity contribution in [2.24, 2.45) is 46.3 Å². The summed E-state index contributed by atoms with van der Waals surface area (Å²) in [6.07, 6.45) is 16.5. The topological polar surface area (TPSA) is 3.24 Å². The molecule has 1 heteroatoms. The van der Waals surface area contributed by atoms with Crippen molar-refractivity contribution in [3.05, 3.63) is 0 Å². The highest BCUT2D eigenvalue weighted by Crippen LogP contribution is 2.67. The minimum absolute atomic E-state index is 0.609. The first-order valence-electron chi connectivity index (χ1n) is 13.0. The normalized spacial score (nSPS) is 47.5. The van der Waals surface area contributed by atoms with E-state index in [0.29, 0.717) is 10.8 Å². The molecule has 0 aromatic carbocycles. The Morgan fingerprint density at radius 3 is 2.36 bits per heavy atom. The maximum Gasteiger partial charge on any atom is 0.0149 e. The molecule has 0 bridgehead atoms. The maximum absolute atomic E-state index is 2.74. The Bertz CT molecular complexity index is 540. The Labute approximate surface area is 176 Å². The van der Waals surface area contributed by atoms with Gasteiger partial charge in [-0.15, -0.1) is 0 Å². The summed E-state index contributed by atoms with van der Waals surface area (Å²) in [7, 11) is 2.42. The zero-order chi connectivity index (χ0) is 20.1. The van der Waals surface area contributed by atoms with Gasteiger partial charge in [0, 0.05) is 6.04 Å². The second-order valence-electron chi connectivity index (χ2n) is 12.6. The largest absolute Gasteiger partial charge is 0.303 e. The third-order valence-electron chi connectivity index (χ3n) is 10.8. The first-order chi connectivity index (χ1) is 13.3. The molecule has 0 amide bonds. The lowest BCUT2D eigenvalue weighted by Crippen LogP contribution is -2.60. The number of hydrogen-bond acceptors (Lipinski definition) is 1. The quantitative estimate of drug-likeness (QED) is 0.475. The van der Waals surface area contributed by atoms with Gasteiger partial charge in [0.25, 0.3) is 0 Å². The predicted molar refractivity (Wildman–Crippen MR) is 121 cm³/mol. The van der Waals surface area contributed by atoms with Gasteiger partial charge in [-0.05, 0) is 111 Å². The van der Waals surface area contributed by atoms with Crippen LogP contribution in [0.5, 0.6) is 0 Å². The Balaban J connectivity index is 1.47. The monoisotopic (exact) mass is 387 g/mol. The van der Waals surface area contributed by atoms with Crippen LogP contribution in [0.1, 0.15) is 105 Å². The predicted octanol–water partition coefficient (Wildman–Crippen LogP) is 7.40. The molecule has 1 heterocycles. The van der Waals surface area contributed by atoms with Crippen LogP contribution in [0.25, 0.3) is 0 Å². The van der Waals surface area contributed by atoms with Gasteiger partial charge < -0.3 is 4.90 Å². The zero-order valence-electron chi connectivity index (χ0n) is 20.0. The lowest BCUT2D eigenvalue weighted by molar-refractivity contribution is -0.125. The maximum atomic E-state index is 2.74. The van der Waals surface area contributed by atoms with Crippen LogP contribution < -0.4 is 0 Å². The average Bonchev–Trinajstić information content (AvgIpc) is 2.98. The van der Waals surface area contributed by atoms with Gasteiger partial charge in [-0.2, -0.15) is 0 Å². The first-order valence-corrected chi connectivity index (χ1v) is 13.0. The van der Waals surface area contributed by atoms with Gasteiger partial charge in [0.1, 0.15) is 0 Å². The van der Waals surface area contributed by atoms with Gasteiger partial charge in [-0.3, -0.25) is 0 Å². The van der Waals surface area contributed by atoms with E-state index in [2.05, 4.69) is 46.6 Å². The summed E-state index contributed by atoms with van der Waals surface area (Å²) in [6.45, 7) is 14.2. The lowest BCUT2D eigenvalue weighted by Gasteiger charge is -2.62. The molecule has 0 aromatic heterocycles. The van der Waals surface area contributed by atoms with E-state index in [4.69, 9.17) is 0 Å². The smallest absolute Gasteiger partial charge is 0.0149 e. The standard InChI is InChI=1S/C27H49N/c1-19(2)9-7-10-20(3)22-12-13-23-21-11-14-25-27(5,16-8-18-28(25)6)24(21)15-17-26(22,23)4/h19-25H,7-18H2,1-6H3/t20?,21?,22-,23?,24?,25-,26-,27-/m1/s1. The van der Waals surface area contributed by atoms with Crippen molar-refractivity contribution >= 4 is 0 Å². The number of hydrogen-bond donors (Lipinski definition) is 0. The van der Waals surface area contributed by atoms with E-state index in [-0.39, 0.29) is 0 Å². The van der Waals surface area contributed by atoms with E-state index in [1.54, 1.807) is 6.42 Å². The van der Waals surface area contributed by atoms with Crippen LogP contribution in [-0.4, -0.2) is 24.5 Å². The summed E-state index contributed by atoms with van der Waals surface area (Å²) in [5, 5.41) is 0. The average molecular weight is 388 g/mol. The molecular formula is C27H49N. The lowest BCUT2D eigenvalue weighted by atomic mass is 9.46. The summed E-state index contributed by atoms with van der Waals surface area (Å²) < 4.78 is 0. The highest BCUT2D eigenvalue weighted by Gasteiger charge is 2.60. The van der Waals surface area contributed by atoms with E-state index in [9.17, 15) is 0 Å². The number of fused-ring (bicyclic) bond motifs is 5. The summed E-state index contributed by atoms with van der Waals surface area (Å²) in [5.74, 6) is 5.91. The Morgan fingerprint density at radius 1 is 0.857 bits per heavy atom. The molecule has 0 spiro atoms. The number of rotatable bonds is 5. The van der Waals surface area contributed by atoms with E-state index in [1.165, 1.54) is 70.8 Å². The van der Waals surface area contributed by atoms with Crippen LogP contribution in [-0.2, 0) is 0 Å². The fourth-order valence-electron chi connectivity index (χ4n) is 9.40. The van der Waals surface area contributed by atoms with E-state index in [1.807, 2.05) is 0 Å². The van der Waals surface area contributed by atoms with Gasteiger partial charge in [0.2, 0.25) is 0 Å². The molecule has 8 atom stereocenters. The van der Waals surface area contributed by atoms with Crippen molar-refractivity contribution < 1.29 is 0 Å². The molecule has 3 aliphatic carbocycles. The van der Waals surface area contributed by atoms with E-state index in [0.717, 1.165) is 41.5 Å². The van der Waals surface area contributed by atoms with Crippen LogP contribution in [0.4, 0.5) is 0 Å². The Hall–Kier alpha value is -0.0400. The molecule has 4 unspecified atom stereocenters. The molecule has 1 saturated heterocycles. The number of likely N-dealkylation sites (tertiary alicyclic amines) is 1. The molecule has 0 aromatic rings. The SMILES string of the molecule is CC(C)CCCC(C)[C@H]1CCC2C3CC[C@H]4N(C)CCC[C@]4(C)C3CC[C@@]21C. The molecule has 3 saturated carbocycles. The van der Waals surface area contributed by atoms with E-state index >= 15 is 0 Å². The van der Waals surface area contributed by atoms with Crippen LogP contribution >= 0.6 is 0 Å².